The third-order valence-corrected chi connectivity index (χ3v) is 4.73. The normalized spacial score (nSPS) is 17.2. The van der Waals surface area contributed by atoms with Crippen molar-refractivity contribution in [2.24, 2.45) is 5.92 Å². The molecule has 2 aromatic rings. The van der Waals surface area contributed by atoms with Crippen molar-refractivity contribution in [1.82, 2.24) is 4.90 Å². The predicted octanol–water partition coefficient (Wildman–Crippen LogP) is 3.18. The van der Waals surface area contributed by atoms with Gasteiger partial charge in [-0.2, -0.15) is 0 Å². The molecule has 0 aliphatic carbocycles. The first kappa shape index (κ1) is 18.4. The molecule has 0 aromatic heterocycles. The minimum atomic E-state index is -0.279. The van der Waals surface area contributed by atoms with E-state index in [-0.39, 0.29) is 24.2 Å². The summed E-state index contributed by atoms with van der Waals surface area (Å²) in [6.45, 7) is 2.01. The molecule has 1 fully saturated rings. The average molecular weight is 357 g/mol. The molecule has 0 unspecified atom stereocenters. The van der Waals surface area contributed by atoms with Gasteiger partial charge >= 0.3 is 0 Å². The minimum Gasteiger partial charge on any atom is -0.493 e. The van der Waals surface area contributed by atoms with E-state index in [1.807, 2.05) is 29.2 Å². The lowest BCUT2D eigenvalue weighted by atomic mass is 9.98. The number of aliphatic hydroxyl groups excluding tert-OH is 1. The number of ether oxygens (including phenoxy) is 1. The predicted molar refractivity (Wildman–Crippen MR) is 97.3 cm³/mol. The molecule has 1 amide bonds. The minimum absolute atomic E-state index is 0.0100. The number of hydrogen-bond donors (Lipinski definition) is 1. The third-order valence-electron chi connectivity index (χ3n) is 4.73. The van der Waals surface area contributed by atoms with E-state index in [1.165, 1.54) is 12.1 Å². The fourth-order valence-corrected chi connectivity index (χ4v) is 3.22. The van der Waals surface area contributed by atoms with Crippen LogP contribution >= 0.6 is 0 Å². The molecule has 0 spiro atoms. The Morgan fingerprint density at radius 1 is 1.12 bits per heavy atom. The van der Waals surface area contributed by atoms with E-state index in [0.717, 1.165) is 30.5 Å². The number of amides is 1. The van der Waals surface area contributed by atoms with Crippen LogP contribution in [0.4, 0.5) is 4.39 Å². The van der Waals surface area contributed by atoms with E-state index in [0.29, 0.717) is 25.3 Å². The Labute approximate surface area is 153 Å². The van der Waals surface area contributed by atoms with Gasteiger partial charge in [0.05, 0.1) is 19.6 Å². The maximum atomic E-state index is 12.9. The number of halogens is 1. The van der Waals surface area contributed by atoms with Crippen LogP contribution < -0.4 is 4.74 Å². The molecule has 1 heterocycles. The number of carbonyl (C=O) groups excluding carboxylic acids is 1. The van der Waals surface area contributed by atoms with Crippen LogP contribution in [0, 0.1) is 11.7 Å². The van der Waals surface area contributed by atoms with Gasteiger partial charge in [0.15, 0.2) is 0 Å². The van der Waals surface area contributed by atoms with Gasteiger partial charge in [0.25, 0.3) is 0 Å². The molecular weight excluding hydrogens is 333 g/mol. The fraction of sp³-hybridized carbons (Fsp3) is 0.381. The summed E-state index contributed by atoms with van der Waals surface area (Å²) in [6.07, 6.45) is 2.36. The Bertz CT molecular complexity index is 715. The Balaban J connectivity index is 1.50. The van der Waals surface area contributed by atoms with Gasteiger partial charge in [0.2, 0.25) is 5.91 Å². The third kappa shape index (κ3) is 5.05. The van der Waals surface area contributed by atoms with E-state index in [4.69, 9.17) is 9.84 Å². The van der Waals surface area contributed by atoms with Crippen LogP contribution in [-0.2, 0) is 17.8 Å². The molecule has 5 heteroatoms. The summed E-state index contributed by atoms with van der Waals surface area (Å²) in [7, 11) is 0. The van der Waals surface area contributed by atoms with E-state index in [9.17, 15) is 9.18 Å². The summed E-state index contributed by atoms with van der Waals surface area (Å²) in [5.41, 5.74) is 1.80. The molecule has 138 valence electrons. The van der Waals surface area contributed by atoms with Crippen LogP contribution in [0.2, 0.25) is 0 Å². The van der Waals surface area contributed by atoms with E-state index >= 15 is 0 Å². The van der Waals surface area contributed by atoms with Crippen molar-refractivity contribution < 1.29 is 19.0 Å². The lowest BCUT2D eigenvalue weighted by molar-refractivity contribution is -0.132. The molecule has 1 aliphatic heterocycles. The molecular formula is C21H24FNO3. The summed E-state index contributed by atoms with van der Waals surface area (Å²) < 4.78 is 18.7. The topological polar surface area (TPSA) is 49.8 Å². The number of rotatable bonds is 6. The highest BCUT2D eigenvalue weighted by molar-refractivity contribution is 5.78. The highest BCUT2D eigenvalue weighted by atomic mass is 19.1. The molecule has 26 heavy (non-hydrogen) atoms. The second-order valence-corrected chi connectivity index (χ2v) is 6.76. The Morgan fingerprint density at radius 3 is 2.50 bits per heavy atom. The maximum absolute atomic E-state index is 12.9. The SMILES string of the molecule is O=C(Cc1ccc(CO)cc1)N1CCC[C@@H](COc2ccc(F)cc2)C1. The average Bonchev–Trinajstić information content (AvgIpc) is 2.68. The zero-order valence-electron chi connectivity index (χ0n) is 14.7. The number of nitrogens with zero attached hydrogens (tertiary/aromatic N) is 1. The van der Waals surface area contributed by atoms with Crippen molar-refractivity contribution in [2.75, 3.05) is 19.7 Å². The molecule has 1 aliphatic rings. The first-order valence-corrected chi connectivity index (χ1v) is 8.99. The largest absolute Gasteiger partial charge is 0.493 e. The molecule has 1 saturated heterocycles. The highest BCUT2D eigenvalue weighted by Gasteiger charge is 2.24. The zero-order valence-corrected chi connectivity index (χ0v) is 14.7. The van der Waals surface area contributed by atoms with Gasteiger partial charge in [-0.05, 0) is 48.2 Å². The van der Waals surface area contributed by atoms with Crippen LogP contribution in [0.15, 0.2) is 48.5 Å². The molecule has 3 rings (SSSR count). The number of likely N-dealkylation sites (tertiary alicyclic amines) is 1. The van der Waals surface area contributed by atoms with Crippen molar-refractivity contribution in [2.45, 2.75) is 25.9 Å². The summed E-state index contributed by atoms with van der Waals surface area (Å²) in [6, 6.07) is 13.5. The van der Waals surface area contributed by atoms with Crippen LogP contribution in [0.1, 0.15) is 24.0 Å². The molecule has 1 N–H and O–H groups in total. The summed E-state index contributed by atoms with van der Waals surface area (Å²) in [5.74, 6) is 0.778. The Hall–Kier alpha value is -2.40. The van der Waals surface area contributed by atoms with Gasteiger partial charge in [-0.25, -0.2) is 4.39 Å². The number of carbonyl (C=O) groups is 1. The highest BCUT2D eigenvalue weighted by Crippen LogP contribution is 2.20. The Kier molecular flexibility index (Phi) is 6.23. The van der Waals surface area contributed by atoms with Gasteiger partial charge in [0, 0.05) is 19.0 Å². The molecule has 0 bridgehead atoms. The van der Waals surface area contributed by atoms with E-state index in [1.54, 1.807) is 12.1 Å². The molecule has 0 radical (unpaired) electrons. The van der Waals surface area contributed by atoms with E-state index < -0.39 is 0 Å². The number of benzene rings is 2. The lowest BCUT2D eigenvalue weighted by Gasteiger charge is -2.32. The van der Waals surface area contributed by atoms with E-state index in [2.05, 4.69) is 0 Å². The molecule has 2 aromatic carbocycles. The number of aliphatic hydroxyl groups is 1. The van der Waals surface area contributed by atoms with Crippen molar-refractivity contribution in [1.29, 1.82) is 0 Å². The van der Waals surface area contributed by atoms with Crippen molar-refractivity contribution in [3.8, 4) is 5.75 Å². The van der Waals surface area contributed by atoms with Gasteiger partial charge in [-0.1, -0.05) is 24.3 Å². The quantitative estimate of drug-likeness (QED) is 0.864. The van der Waals surface area contributed by atoms with Gasteiger partial charge in [-0.3, -0.25) is 4.79 Å². The second kappa shape index (κ2) is 8.81. The summed E-state index contributed by atoms with van der Waals surface area (Å²) in [4.78, 5) is 14.5. The van der Waals surface area contributed by atoms with Gasteiger partial charge < -0.3 is 14.7 Å². The van der Waals surface area contributed by atoms with Gasteiger partial charge in [0.1, 0.15) is 11.6 Å². The Morgan fingerprint density at radius 2 is 1.81 bits per heavy atom. The van der Waals surface area contributed by atoms with Crippen molar-refractivity contribution in [3.05, 3.63) is 65.5 Å². The zero-order chi connectivity index (χ0) is 18.4. The number of piperidine rings is 1. The first-order valence-electron chi connectivity index (χ1n) is 8.99. The smallest absolute Gasteiger partial charge is 0.227 e. The molecule has 4 nitrogen and oxygen atoms in total. The molecule has 0 saturated carbocycles. The van der Waals surface area contributed by atoms with Gasteiger partial charge in [-0.15, -0.1) is 0 Å². The van der Waals surface area contributed by atoms with Crippen molar-refractivity contribution in [3.63, 3.8) is 0 Å². The van der Waals surface area contributed by atoms with Crippen LogP contribution in [0.3, 0.4) is 0 Å². The summed E-state index contributed by atoms with van der Waals surface area (Å²) >= 11 is 0. The van der Waals surface area contributed by atoms with Crippen LogP contribution in [0.25, 0.3) is 0 Å². The monoisotopic (exact) mass is 357 g/mol. The second-order valence-electron chi connectivity index (χ2n) is 6.76. The summed E-state index contributed by atoms with van der Waals surface area (Å²) in [5, 5.41) is 9.08. The van der Waals surface area contributed by atoms with Crippen LogP contribution in [0.5, 0.6) is 5.75 Å². The number of hydrogen-bond acceptors (Lipinski definition) is 3. The van der Waals surface area contributed by atoms with Crippen LogP contribution in [-0.4, -0.2) is 35.6 Å². The standard InChI is InChI=1S/C21H24FNO3/c22-19-7-9-20(10-8-19)26-15-18-2-1-11-23(13-18)21(25)12-16-3-5-17(14-24)6-4-16/h3-10,18,24H,1-2,11-15H2/t18-/m1/s1. The fourth-order valence-electron chi connectivity index (χ4n) is 3.22. The van der Waals surface area contributed by atoms with Crippen molar-refractivity contribution >= 4 is 5.91 Å². The maximum Gasteiger partial charge on any atom is 0.227 e. The lowest BCUT2D eigenvalue weighted by Crippen LogP contribution is -2.42. The molecule has 1 atom stereocenters. The first-order chi connectivity index (χ1) is 12.6.